The number of nitrogens with zero attached hydrogens (tertiary/aromatic N) is 1. The van der Waals surface area contributed by atoms with Crippen LogP contribution in [0.15, 0.2) is 18.2 Å². The average Bonchev–Trinajstić information content (AvgIpc) is 2.44. The minimum atomic E-state index is -0.609. The summed E-state index contributed by atoms with van der Waals surface area (Å²) in [6.45, 7) is 4.14. The molecule has 20 heavy (non-hydrogen) atoms. The van der Waals surface area contributed by atoms with Gasteiger partial charge in [-0.1, -0.05) is 19.9 Å². The van der Waals surface area contributed by atoms with Gasteiger partial charge in [-0.05, 0) is 18.9 Å². The van der Waals surface area contributed by atoms with Crippen LogP contribution < -0.4 is 16.8 Å². The summed E-state index contributed by atoms with van der Waals surface area (Å²) in [7, 11) is 0. The van der Waals surface area contributed by atoms with E-state index in [2.05, 4.69) is 5.32 Å². The Hall–Kier alpha value is -2.15. The molecule has 0 aliphatic carbocycles. The summed E-state index contributed by atoms with van der Waals surface area (Å²) in [4.78, 5) is 22.5. The van der Waals surface area contributed by atoms with E-state index in [1.807, 2.05) is 13.8 Å². The topological polar surface area (TPSA) is 124 Å². The number of hydrogen-bond donors (Lipinski definition) is 3. The highest BCUT2D eigenvalue weighted by Gasteiger charge is 2.28. The lowest BCUT2D eigenvalue weighted by Crippen LogP contribution is -2.53. The molecule has 0 saturated heterocycles. The van der Waals surface area contributed by atoms with Crippen molar-refractivity contribution in [2.45, 2.75) is 32.2 Å². The van der Waals surface area contributed by atoms with Crippen molar-refractivity contribution in [3.63, 3.8) is 0 Å². The van der Waals surface area contributed by atoms with E-state index in [0.29, 0.717) is 19.4 Å². The third-order valence-corrected chi connectivity index (χ3v) is 3.65. The summed E-state index contributed by atoms with van der Waals surface area (Å²) >= 11 is 0. The Bertz CT molecular complexity index is 504. The lowest BCUT2D eigenvalue weighted by Gasteiger charge is -2.31. The highest BCUT2D eigenvalue weighted by Crippen LogP contribution is 2.25. The first-order valence-corrected chi connectivity index (χ1v) is 6.46. The molecule has 1 rings (SSSR count). The highest BCUT2D eigenvalue weighted by atomic mass is 16.6. The van der Waals surface area contributed by atoms with Gasteiger partial charge in [0.1, 0.15) is 5.69 Å². The Balaban J connectivity index is 3.10. The van der Waals surface area contributed by atoms with Gasteiger partial charge < -0.3 is 16.8 Å². The minimum Gasteiger partial charge on any atom is -0.393 e. The number of rotatable bonds is 6. The second-order valence-corrected chi connectivity index (χ2v) is 4.64. The molecule has 7 nitrogen and oxygen atoms in total. The van der Waals surface area contributed by atoms with Gasteiger partial charge in [0.05, 0.1) is 16.0 Å². The number of nitrogens with two attached hydrogens (primary N) is 2. The van der Waals surface area contributed by atoms with Crippen molar-refractivity contribution >= 4 is 17.3 Å². The molecular formula is C13H20N4O3. The van der Waals surface area contributed by atoms with Crippen molar-refractivity contribution in [1.82, 2.24) is 5.32 Å². The number of amides is 1. The molecule has 1 aromatic rings. The Kier molecular flexibility index (Phi) is 5.04. The predicted octanol–water partition coefficient (Wildman–Crippen LogP) is 1.42. The lowest BCUT2D eigenvalue weighted by atomic mass is 9.92. The van der Waals surface area contributed by atoms with Crippen molar-refractivity contribution in [2.24, 2.45) is 5.73 Å². The van der Waals surface area contributed by atoms with E-state index in [4.69, 9.17) is 11.5 Å². The van der Waals surface area contributed by atoms with Crippen LogP contribution in [0.25, 0.3) is 0 Å². The summed E-state index contributed by atoms with van der Waals surface area (Å²) < 4.78 is 0. The molecule has 0 aliphatic rings. The quantitative estimate of drug-likeness (QED) is 0.413. The molecule has 5 N–H and O–H groups in total. The molecular weight excluding hydrogens is 260 g/mol. The molecule has 7 heteroatoms. The zero-order chi connectivity index (χ0) is 15.3. The summed E-state index contributed by atoms with van der Waals surface area (Å²) in [5, 5.41) is 13.7. The standard InChI is InChI=1S/C13H20N4O3/c1-3-13(4-2,8-14)16-12(18)9-6-5-7-10(11(9)15)17(19)20/h5-7H,3-4,8,14-15H2,1-2H3,(H,16,18). The van der Waals surface area contributed by atoms with E-state index >= 15 is 0 Å². The second kappa shape index (κ2) is 6.33. The number of nitro benzene ring substituents is 1. The van der Waals surface area contributed by atoms with Crippen molar-refractivity contribution in [3.05, 3.63) is 33.9 Å². The molecule has 0 heterocycles. The van der Waals surface area contributed by atoms with E-state index < -0.39 is 16.4 Å². The first kappa shape index (κ1) is 15.9. The Morgan fingerprint density at radius 3 is 2.45 bits per heavy atom. The highest BCUT2D eigenvalue weighted by molar-refractivity contribution is 6.01. The van der Waals surface area contributed by atoms with Gasteiger partial charge >= 0.3 is 0 Å². The molecule has 0 bridgehead atoms. The molecule has 0 atom stereocenters. The smallest absolute Gasteiger partial charge is 0.292 e. The fourth-order valence-corrected chi connectivity index (χ4v) is 1.98. The minimum absolute atomic E-state index is 0.0962. The fraction of sp³-hybridized carbons (Fsp3) is 0.462. The number of benzene rings is 1. The van der Waals surface area contributed by atoms with Gasteiger partial charge in [-0.2, -0.15) is 0 Å². The molecule has 0 spiro atoms. The number of carbonyl (C=O) groups excluding carboxylic acids is 1. The summed E-state index contributed by atoms with van der Waals surface area (Å²) in [6, 6.07) is 4.16. The number of nitrogens with one attached hydrogen (secondary N) is 1. The number of para-hydroxylation sites is 1. The van der Waals surface area contributed by atoms with Crippen LogP contribution in [0.4, 0.5) is 11.4 Å². The van der Waals surface area contributed by atoms with Crippen molar-refractivity contribution in [1.29, 1.82) is 0 Å². The molecule has 0 radical (unpaired) electrons. The molecule has 0 unspecified atom stereocenters. The van der Waals surface area contributed by atoms with Gasteiger partial charge in [0, 0.05) is 12.6 Å². The third-order valence-electron chi connectivity index (χ3n) is 3.65. The Labute approximate surface area is 117 Å². The molecule has 0 fully saturated rings. The van der Waals surface area contributed by atoms with Crippen LogP contribution in [-0.2, 0) is 0 Å². The number of nitrogen functional groups attached to an aromatic ring is 1. The largest absolute Gasteiger partial charge is 0.393 e. The lowest BCUT2D eigenvalue weighted by molar-refractivity contribution is -0.383. The van der Waals surface area contributed by atoms with Gasteiger partial charge in [0.2, 0.25) is 0 Å². The first-order chi connectivity index (χ1) is 9.40. The molecule has 0 aromatic heterocycles. The zero-order valence-electron chi connectivity index (χ0n) is 11.7. The number of carbonyl (C=O) groups is 1. The van der Waals surface area contributed by atoms with E-state index in [9.17, 15) is 14.9 Å². The van der Waals surface area contributed by atoms with Gasteiger partial charge in [0.15, 0.2) is 0 Å². The maximum absolute atomic E-state index is 12.3. The van der Waals surface area contributed by atoms with Crippen LogP contribution in [0.2, 0.25) is 0 Å². The van der Waals surface area contributed by atoms with E-state index in [0.717, 1.165) is 0 Å². The van der Waals surface area contributed by atoms with Crippen LogP contribution >= 0.6 is 0 Å². The van der Waals surface area contributed by atoms with Gasteiger partial charge in [-0.3, -0.25) is 14.9 Å². The van der Waals surface area contributed by atoms with Crippen LogP contribution in [0.1, 0.15) is 37.0 Å². The predicted molar refractivity (Wildman–Crippen MR) is 77.3 cm³/mol. The number of hydrogen-bond acceptors (Lipinski definition) is 5. The van der Waals surface area contributed by atoms with Crippen molar-refractivity contribution < 1.29 is 9.72 Å². The van der Waals surface area contributed by atoms with Crippen LogP contribution in [0.3, 0.4) is 0 Å². The Morgan fingerprint density at radius 2 is 2.00 bits per heavy atom. The van der Waals surface area contributed by atoms with Gasteiger partial charge in [-0.25, -0.2) is 0 Å². The summed E-state index contributed by atoms with van der Waals surface area (Å²) in [5.41, 5.74) is 10.6. The number of nitro groups is 1. The van der Waals surface area contributed by atoms with Crippen LogP contribution in [0.5, 0.6) is 0 Å². The van der Waals surface area contributed by atoms with Crippen molar-refractivity contribution in [2.75, 3.05) is 12.3 Å². The fourth-order valence-electron chi connectivity index (χ4n) is 1.98. The second-order valence-electron chi connectivity index (χ2n) is 4.64. The normalized spacial score (nSPS) is 11.2. The first-order valence-electron chi connectivity index (χ1n) is 6.46. The molecule has 0 aliphatic heterocycles. The van der Waals surface area contributed by atoms with Crippen LogP contribution in [-0.4, -0.2) is 22.9 Å². The van der Waals surface area contributed by atoms with Gasteiger partial charge in [-0.15, -0.1) is 0 Å². The molecule has 110 valence electrons. The van der Waals surface area contributed by atoms with E-state index in [-0.39, 0.29) is 16.9 Å². The molecule has 1 aromatic carbocycles. The maximum atomic E-state index is 12.3. The average molecular weight is 280 g/mol. The Morgan fingerprint density at radius 1 is 1.40 bits per heavy atom. The monoisotopic (exact) mass is 280 g/mol. The summed E-state index contributed by atoms with van der Waals surface area (Å²) in [6.07, 6.45) is 1.33. The molecule has 1 amide bonds. The summed E-state index contributed by atoms with van der Waals surface area (Å²) in [5.74, 6) is -0.444. The molecule has 0 saturated carbocycles. The zero-order valence-corrected chi connectivity index (χ0v) is 11.7. The van der Waals surface area contributed by atoms with Crippen LogP contribution in [0, 0.1) is 10.1 Å². The van der Waals surface area contributed by atoms with E-state index in [1.54, 1.807) is 0 Å². The van der Waals surface area contributed by atoms with Crippen molar-refractivity contribution in [3.8, 4) is 0 Å². The third kappa shape index (κ3) is 3.05. The SMILES string of the molecule is CCC(CC)(CN)NC(=O)c1cccc([N+](=O)[O-])c1N. The number of anilines is 1. The van der Waals surface area contributed by atoms with E-state index in [1.165, 1.54) is 18.2 Å². The van der Waals surface area contributed by atoms with Gasteiger partial charge in [0.25, 0.3) is 11.6 Å². The maximum Gasteiger partial charge on any atom is 0.292 e.